The molecule has 0 unspecified atom stereocenters. The van der Waals surface area contributed by atoms with Gasteiger partial charge in [-0.25, -0.2) is 0 Å². The highest BCUT2D eigenvalue weighted by atomic mass is 35.5. The Kier molecular flexibility index (Phi) is 10.2. The third kappa shape index (κ3) is 8.26. The zero-order valence-electron chi connectivity index (χ0n) is 20.6. The molecule has 0 aliphatic heterocycles. The summed E-state index contributed by atoms with van der Waals surface area (Å²) in [7, 11) is 0. The number of benzene rings is 3. The van der Waals surface area contributed by atoms with Crippen LogP contribution in [0.4, 0.5) is 13.2 Å². The molecule has 0 aliphatic carbocycles. The molecule has 0 saturated heterocycles. The first kappa shape index (κ1) is 28.0. The van der Waals surface area contributed by atoms with Crippen molar-refractivity contribution in [2.45, 2.75) is 38.9 Å². The average molecular weight is 520 g/mol. The van der Waals surface area contributed by atoms with Gasteiger partial charge in [0.15, 0.2) is 0 Å². The van der Waals surface area contributed by atoms with Crippen molar-refractivity contribution in [1.29, 1.82) is 0 Å². The van der Waals surface area contributed by atoms with Crippen LogP contribution in [0, 0.1) is 5.92 Å². The smallest absolute Gasteiger partial charge is 0.417 e. The summed E-state index contributed by atoms with van der Waals surface area (Å²) in [5.41, 5.74) is 1.82. The molecule has 0 bridgehead atoms. The highest BCUT2D eigenvalue weighted by Gasteiger charge is 2.34. The number of aliphatic hydroxyl groups excluding tert-OH is 1. The van der Waals surface area contributed by atoms with Crippen LogP contribution < -0.4 is 4.74 Å². The monoisotopic (exact) mass is 519 g/mol. The van der Waals surface area contributed by atoms with E-state index in [1.54, 1.807) is 6.07 Å². The quantitative estimate of drug-likeness (QED) is 0.274. The van der Waals surface area contributed by atoms with Crippen molar-refractivity contribution in [3.05, 3.63) is 100 Å². The first-order chi connectivity index (χ1) is 17.2. The molecule has 3 aromatic carbocycles. The molecule has 2 atom stereocenters. The summed E-state index contributed by atoms with van der Waals surface area (Å²) in [4.78, 5) is 2.15. The Hall–Kier alpha value is -2.54. The standard InChI is InChI=1S/C29H33ClF3NO2/c1-21(20-36-26-12-6-8-23(16-26)14-15-35)17-34(18-22(2)24-9-4-3-5-10-24)19-25-11-7-13-27(28(25)30)29(31,32)33/h3-13,16,21-22,35H,14-15,17-20H2,1-2H3/t21-,22-/m1/s1. The van der Waals surface area contributed by atoms with E-state index in [9.17, 15) is 13.2 Å². The van der Waals surface area contributed by atoms with Crippen LogP contribution in [0.2, 0.25) is 5.02 Å². The molecule has 3 nitrogen and oxygen atoms in total. The van der Waals surface area contributed by atoms with Crippen LogP contribution in [0.25, 0.3) is 0 Å². The largest absolute Gasteiger partial charge is 0.493 e. The fourth-order valence-electron chi connectivity index (χ4n) is 4.29. The van der Waals surface area contributed by atoms with Gasteiger partial charge < -0.3 is 9.84 Å². The van der Waals surface area contributed by atoms with Crippen LogP contribution >= 0.6 is 11.6 Å². The fourth-order valence-corrected chi connectivity index (χ4v) is 4.58. The van der Waals surface area contributed by atoms with E-state index in [1.165, 1.54) is 11.6 Å². The molecule has 1 N–H and O–H groups in total. The number of alkyl halides is 3. The summed E-state index contributed by atoms with van der Waals surface area (Å²) in [6, 6.07) is 21.8. The molecule has 7 heteroatoms. The number of hydrogen-bond donors (Lipinski definition) is 1. The molecular weight excluding hydrogens is 487 g/mol. The molecule has 0 saturated carbocycles. The lowest BCUT2D eigenvalue weighted by molar-refractivity contribution is -0.137. The van der Waals surface area contributed by atoms with Gasteiger partial charge in [-0.3, -0.25) is 4.90 Å². The van der Waals surface area contributed by atoms with Gasteiger partial charge in [-0.2, -0.15) is 13.2 Å². The lowest BCUT2D eigenvalue weighted by atomic mass is 9.99. The molecule has 194 valence electrons. The van der Waals surface area contributed by atoms with E-state index in [-0.39, 0.29) is 23.5 Å². The third-order valence-corrected chi connectivity index (χ3v) is 6.53. The number of halogens is 4. The number of rotatable bonds is 12. The van der Waals surface area contributed by atoms with Crippen LogP contribution in [0.3, 0.4) is 0 Å². The Morgan fingerprint density at radius 2 is 1.67 bits per heavy atom. The molecule has 0 fully saturated rings. The maximum Gasteiger partial charge on any atom is 0.417 e. The molecule has 0 radical (unpaired) electrons. The van der Waals surface area contributed by atoms with Gasteiger partial charge in [0, 0.05) is 32.2 Å². The SMILES string of the molecule is C[C@@H](COc1cccc(CCO)c1)CN(Cc1cccc(C(F)(F)F)c1Cl)C[C@@H](C)c1ccccc1. The lowest BCUT2D eigenvalue weighted by Gasteiger charge is -2.29. The van der Waals surface area contributed by atoms with E-state index in [0.717, 1.165) is 17.4 Å². The zero-order chi connectivity index (χ0) is 26.1. The van der Waals surface area contributed by atoms with Crippen molar-refractivity contribution in [3.8, 4) is 5.75 Å². The summed E-state index contributed by atoms with van der Waals surface area (Å²) in [5.74, 6) is 1.02. The summed E-state index contributed by atoms with van der Waals surface area (Å²) in [6.45, 7) is 6.29. The van der Waals surface area contributed by atoms with Crippen molar-refractivity contribution < 1.29 is 23.0 Å². The Bertz CT molecular complexity index is 1090. The highest BCUT2D eigenvalue weighted by Crippen LogP contribution is 2.36. The normalized spacial score (nSPS) is 13.6. The molecule has 0 spiro atoms. The number of ether oxygens (including phenoxy) is 1. The van der Waals surface area contributed by atoms with Crippen molar-refractivity contribution in [3.63, 3.8) is 0 Å². The predicted octanol–water partition coefficient (Wildman–Crippen LogP) is 7.21. The van der Waals surface area contributed by atoms with Crippen molar-refractivity contribution in [2.75, 3.05) is 26.3 Å². The topological polar surface area (TPSA) is 32.7 Å². The van der Waals surface area contributed by atoms with Crippen molar-refractivity contribution in [2.24, 2.45) is 5.92 Å². The Balaban J connectivity index is 1.73. The number of hydrogen-bond acceptors (Lipinski definition) is 3. The summed E-state index contributed by atoms with van der Waals surface area (Å²) < 4.78 is 46.3. The van der Waals surface area contributed by atoms with Crippen LogP contribution in [-0.4, -0.2) is 36.3 Å². The van der Waals surface area contributed by atoms with Gasteiger partial charge in [0.05, 0.1) is 17.2 Å². The van der Waals surface area contributed by atoms with Crippen molar-refractivity contribution >= 4 is 11.6 Å². The predicted molar refractivity (Wildman–Crippen MR) is 138 cm³/mol. The van der Waals surface area contributed by atoms with E-state index in [1.807, 2.05) is 42.5 Å². The molecule has 0 aliphatic rings. The lowest BCUT2D eigenvalue weighted by Crippen LogP contribution is -2.33. The van der Waals surface area contributed by atoms with Gasteiger partial charge in [-0.05, 0) is 47.2 Å². The van der Waals surface area contributed by atoms with E-state index in [2.05, 4.69) is 30.9 Å². The van der Waals surface area contributed by atoms with Crippen LogP contribution in [0.1, 0.15) is 42.0 Å². The van der Waals surface area contributed by atoms with Gasteiger partial charge in [-0.1, -0.05) is 80.0 Å². The van der Waals surface area contributed by atoms with Crippen LogP contribution in [0.15, 0.2) is 72.8 Å². The minimum atomic E-state index is -4.50. The third-order valence-electron chi connectivity index (χ3n) is 6.08. The first-order valence-electron chi connectivity index (χ1n) is 12.1. The molecule has 0 aromatic heterocycles. The molecule has 0 amide bonds. The average Bonchev–Trinajstić information content (AvgIpc) is 2.84. The second-order valence-electron chi connectivity index (χ2n) is 9.32. The Morgan fingerprint density at radius 3 is 2.36 bits per heavy atom. The summed E-state index contributed by atoms with van der Waals surface area (Å²) >= 11 is 6.22. The summed E-state index contributed by atoms with van der Waals surface area (Å²) in [5, 5.41) is 8.92. The van der Waals surface area contributed by atoms with E-state index in [0.29, 0.717) is 38.2 Å². The van der Waals surface area contributed by atoms with Gasteiger partial charge in [0.2, 0.25) is 0 Å². The fraction of sp³-hybridized carbons (Fsp3) is 0.379. The van der Waals surface area contributed by atoms with Crippen LogP contribution in [0.5, 0.6) is 5.75 Å². The first-order valence-corrected chi connectivity index (χ1v) is 12.5. The molecule has 36 heavy (non-hydrogen) atoms. The maximum absolute atomic E-state index is 13.4. The Morgan fingerprint density at radius 1 is 0.944 bits per heavy atom. The van der Waals surface area contributed by atoms with E-state index >= 15 is 0 Å². The second kappa shape index (κ2) is 13.1. The van der Waals surface area contributed by atoms with Gasteiger partial charge in [0.25, 0.3) is 0 Å². The number of aliphatic hydroxyl groups is 1. The Labute approximate surface area is 216 Å². The maximum atomic E-state index is 13.4. The molecule has 3 rings (SSSR count). The summed E-state index contributed by atoms with van der Waals surface area (Å²) in [6.07, 6.45) is -3.93. The second-order valence-corrected chi connectivity index (χ2v) is 9.70. The molecule has 0 heterocycles. The van der Waals surface area contributed by atoms with E-state index in [4.69, 9.17) is 21.4 Å². The van der Waals surface area contributed by atoms with Gasteiger partial charge >= 0.3 is 6.18 Å². The number of nitrogens with zero attached hydrogens (tertiary/aromatic N) is 1. The minimum Gasteiger partial charge on any atom is -0.493 e. The van der Waals surface area contributed by atoms with Gasteiger partial charge in [-0.15, -0.1) is 0 Å². The van der Waals surface area contributed by atoms with Crippen LogP contribution in [-0.2, 0) is 19.1 Å². The van der Waals surface area contributed by atoms with Gasteiger partial charge in [0.1, 0.15) is 5.75 Å². The van der Waals surface area contributed by atoms with E-state index < -0.39 is 11.7 Å². The highest BCUT2D eigenvalue weighted by molar-refractivity contribution is 6.32. The van der Waals surface area contributed by atoms with Crippen molar-refractivity contribution in [1.82, 2.24) is 4.90 Å². The molecule has 3 aromatic rings. The minimum absolute atomic E-state index is 0.0759. The zero-order valence-corrected chi connectivity index (χ0v) is 21.4. The molecular formula is C29H33ClF3NO2.